The van der Waals surface area contributed by atoms with Gasteiger partial charge in [-0.25, -0.2) is 9.97 Å². The van der Waals surface area contributed by atoms with E-state index in [4.69, 9.17) is 0 Å². The Bertz CT molecular complexity index is 268. The molecule has 0 radical (unpaired) electrons. The van der Waals surface area contributed by atoms with Gasteiger partial charge in [0.1, 0.15) is 6.33 Å². The average Bonchev–Trinajstić information content (AvgIpc) is 2.21. The molecule has 3 heteroatoms. The van der Waals surface area contributed by atoms with E-state index in [1.54, 1.807) is 12.4 Å². The molecule has 1 aromatic rings. The van der Waals surface area contributed by atoms with Gasteiger partial charge < -0.3 is 0 Å². The summed E-state index contributed by atoms with van der Waals surface area (Å²) in [5.74, 6) is 0.275. The highest BCUT2D eigenvalue weighted by Gasteiger charge is 2.16. The first-order valence-electron chi connectivity index (χ1n) is 4.58. The number of hydrogen-bond donors (Lipinski definition) is 0. The van der Waals surface area contributed by atoms with Crippen molar-refractivity contribution in [3.8, 4) is 0 Å². The van der Waals surface area contributed by atoms with Crippen LogP contribution in [0.2, 0.25) is 0 Å². The Morgan fingerprint density at radius 3 is 2.31 bits per heavy atom. The molecule has 0 aliphatic rings. The van der Waals surface area contributed by atoms with Crippen molar-refractivity contribution in [1.29, 1.82) is 0 Å². The van der Waals surface area contributed by atoms with Gasteiger partial charge in [-0.3, -0.25) is 4.79 Å². The fourth-order valence-corrected chi connectivity index (χ4v) is 1.32. The van der Waals surface area contributed by atoms with Gasteiger partial charge in [-0.2, -0.15) is 0 Å². The predicted octanol–water partition coefficient (Wildman–Crippen LogP) is 2.10. The summed E-state index contributed by atoms with van der Waals surface area (Å²) in [5, 5.41) is 0. The van der Waals surface area contributed by atoms with Gasteiger partial charge in [0, 0.05) is 18.3 Å². The van der Waals surface area contributed by atoms with E-state index in [1.807, 2.05) is 13.8 Å². The molecule has 0 saturated heterocycles. The van der Waals surface area contributed by atoms with Crippen LogP contribution in [0.1, 0.15) is 37.0 Å². The van der Waals surface area contributed by atoms with Crippen LogP contribution in [0.5, 0.6) is 0 Å². The quantitative estimate of drug-likeness (QED) is 0.663. The summed E-state index contributed by atoms with van der Waals surface area (Å²) in [6, 6.07) is 0. The molecular formula is C10H14N2O. The third kappa shape index (κ3) is 2.34. The molecule has 13 heavy (non-hydrogen) atoms. The van der Waals surface area contributed by atoms with E-state index >= 15 is 0 Å². The van der Waals surface area contributed by atoms with Crippen molar-refractivity contribution < 1.29 is 4.79 Å². The Labute approximate surface area is 78.2 Å². The molecule has 1 heterocycles. The fraction of sp³-hybridized carbons (Fsp3) is 0.500. The third-order valence-electron chi connectivity index (χ3n) is 2.20. The van der Waals surface area contributed by atoms with Gasteiger partial charge in [0.05, 0.1) is 5.56 Å². The Balaban J connectivity index is 2.78. The van der Waals surface area contributed by atoms with Crippen LogP contribution in [0.4, 0.5) is 0 Å². The molecule has 0 bridgehead atoms. The van der Waals surface area contributed by atoms with E-state index in [1.165, 1.54) is 6.33 Å². The van der Waals surface area contributed by atoms with Crippen LogP contribution in [-0.4, -0.2) is 15.8 Å². The van der Waals surface area contributed by atoms with Crippen molar-refractivity contribution in [3.05, 3.63) is 24.3 Å². The van der Waals surface area contributed by atoms with Gasteiger partial charge in [-0.1, -0.05) is 13.8 Å². The largest absolute Gasteiger partial charge is 0.294 e. The van der Waals surface area contributed by atoms with Crippen molar-refractivity contribution in [3.63, 3.8) is 0 Å². The zero-order valence-electron chi connectivity index (χ0n) is 8.03. The number of nitrogens with zero attached hydrogens (tertiary/aromatic N) is 2. The SMILES string of the molecule is CCC(CC)C(=O)c1cncnc1. The number of ketones is 1. The molecule has 70 valence electrons. The fourth-order valence-electron chi connectivity index (χ4n) is 1.32. The van der Waals surface area contributed by atoms with Gasteiger partial charge in [-0.05, 0) is 12.8 Å². The Kier molecular flexibility index (Phi) is 3.55. The Hall–Kier alpha value is -1.25. The first kappa shape index (κ1) is 9.84. The number of carbonyl (C=O) groups excluding carboxylic acids is 1. The summed E-state index contributed by atoms with van der Waals surface area (Å²) >= 11 is 0. The number of Topliss-reactive ketones (excluding diaryl/α,β-unsaturated/α-hetero) is 1. The summed E-state index contributed by atoms with van der Waals surface area (Å²) in [5.41, 5.74) is 0.621. The second-order valence-corrected chi connectivity index (χ2v) is 3.00. The van der Waals surface area contributed by atoms with E-state index < -0.39 is 0 Å². The van der Waals surface area contributed by atoms with Crippen LogP contribution in [0.25, 0.3) is 0 Å². The predicted molar refractivity (Wildman–Crippen MR) is 50.4 cm³/mol. The summed E-state index contributed by atoms with van der Waals surface area (Å²) in [6.45, 7) is 4.05. The molecule has 0 aliphatic carbocycles. The molecule has 0 saturated carbocycles. The lowest BCUT2D eigenvalue weighted by atomic mass is 9.95. The van der Waals surface area contributed by atoms with E-state index in [9.17, 15) is 4.79 Å². The number of aromatic nitrogens is 2. The topological polar surface area (TPSA) is 42.9 Å². The molecule has 0 unspecified atom stereocenters. The first-order valence-corrected chi connectivity index (χ1v) is 4.58. The van der Waals surface area contributed by atoms with E-state index in [2.05, 4.69) is 9.97 Å². The van der Waals surface area contributed by atoms with Crippen molar-refractivity contribution in [2.24, 2.45) is 5.92 Å². The van der Waals surface area contributed by atoms with Gasteiger partial charge in [0.15, 0.2) is 5.78 Å². The van der Waals surface area contributed by atoms with Crippen molar-refractivity contribution in [2.45, 2.75) is 26.7 Å². The van der Waals surface area contributed by atoms with E-state index in [0.29, 0.717) is 5.56 Å². The highest BCUT2D eigenvalue weighted by molar-refractivity contribution is 5.97. The lowest BCUT2D eigenvalue weighted by molar-refractivity contribution is 0.0912. The maximum Gasteiger partial charge on any atom is 0.169 e. The maximum absolute atomic E-state index is 11.7. The molecule has 1 aromatic heterocycles. The summed E-state index contributed by atoms with van der Waals surface area (Å²) in [6.07, 6.45) is 6.35. The van der Waals surface area contributed by atoms with Crippen LogP contribution in [0, 0.1) is 5.92 Å². The summed E-state index contributed by atoms with van der Waals surface area (Å²) < 4.78 is 0. The Morgan fingerprint density at radius 2 is 1.85 bits per heavy atom. The molecular weight excluding hydrogens is 164 g/mol. The smallest absolute Gasteiger partial charge is 0.169 e. The second-order valence-electron chi connectivity index (χ2n) is 3.00. The summed E-state index contributed by atoms with van der Waals surface area (Å²) in [7, 11) is 0. The number of hydrogen-bond acceptors (Lipinski definition) is 3. The zero-order valence-corrected chi connectivity index (χ0v) is 8.03. The highest BCUT2D eigenvalue weighted by Crippen LogP contribution is 2.13. The minimum absolute atomic E-state index is 0.117. The zero-order chi connectivity index (χ0) is 9.68. The normalized spacial score (nSPS) is 10.4. The molecule has 0 aromatic carbocycles. The van der Waals surface area contributed by atoms with Gasteiger partial charge in [-0.15, -0.1) is 0 Å². The molecule has 0 fully saturated rings. The highest BCUT2D eigenvalue weighted by atomic mass is 16.1. The number of rotatable bonds is 4. The molecule has 1 rings (SSSR count). The molecule has 0 N–H and O–H groups in total. The first-order chi connectivity index (χ1) is 6.29. The number of carbonyl (C=O) groups is 1. The third-order valence-corrected chi connectivity index (χ3v) is 2.20. The standard InChI is InChI=1S/C10H14N2O/c1-3-8(4-2)10(13)9-5-11-7-12-6-9/h5-8H,3-4H2,1-2H3. The van der Waals surface area contributed by atoms with Gasteiger partial charge >= 0.3 is 0 Å². The minimum Gasteiger partial charge on any atom is -0.294 e. The molecule has 0 aliphatic heterocycles. The minimum atomic E-state index is 0.117. The van der Waals surface area contributed by atoms with Crippen molar-refractivity contribution in [1.82, 2.24) is 9.97 Å². The van der Waals surface area contributed by atoms with Gasteiger partial charge in [0.2, 0.25) is 0 Å². The molecule has 0 spiro atoms. The Morgan fingerprint density at radius 1 is 1.31 bits per heavy atom. The van der Waals surface area contributed by atoms with E-state index in [-0.39, 0.29) is 11.7 Å². The van der Waals surface area contributed by atoms with Crippen LogP contribution < -0.4 is 0 Å². The van der Waals surface area contributed by atoms with Crippen LogP contribution >= 0.6 is 0 Å². The maximum atomic E-state index is 11.7. The molecule has 3 nitrogen and oxygen atoms in total. The van der Waals surface area contributed by atoms with Crippen LogP contribution in [0.3, 0.4) is 0 Å². The van der Waals surface area contributed by atoms with Gasteiger partial charge in [0.25, 0.3) is 0 Å². The second kappa shape index (κ2) is 4.70. The van der Waals surface area contributed by atoms with Crippen LogP contribution in [0.15, 0.2) is 18.7 Å². The molecule has 0 atom stereocenters. The lowest BCUT2D eigenvalue weighted by Crippen LogP contribution is -2.13. The van der Waals surface area contributed by atoms with Crippen molar-refractivity contribution >= 4 is 5.78 Å². The lowest BCUT2D eigenvalue weighted by Gasteiger charge is -2.09. The van der Waals surface area contributed by atoms with Crippen LogP contribution in [-0.2, 0) is 0 Å². The van der Waals surface area contributed by atoms with E-state index in [0.717, 1.165) is 12.8 Å². The van der Waals surface area contributed by atoms with Crippen molar-refractivity contribution in [2.75, 3.05) is 0 Å². The average molecular weight is 178 g/mol. The summed E-state index contributed by atoms with van der Waals surface area (Å²) in [4.78, 5) is 19.4. The molecule has 0 amide bonds. The monoisotopic (exact) mass is 178 g/mol.